The van der Waals surface area contributed by atoms with E-state index in [0.29, 0.717) is 28.6 Å². The molecule has 0 radical (unpaired) electrons. The Balaban J connectivity index is 1.44. The summed E-state index contributed by atoms with van der Waals surface area (Å²) >= 11 is 0. The Morgan fingerprint density at radius 1 is 1.06 bits per heavy atom. The zero-order chi connectivity index (χ0) is 22.8. The van der Waals surface area contributed by atoms with Gasteiger partial charge in [-0.3, -0.25) is 10.4 Å². The van der Waals surface area contributed by atoms with Crippen LogP contribution < -0.4 is 21.2 Å². The van der Waals surface area contributed by atoms with Gasteiger partial charge in [0.05, 0.1) is 7.11 Å². The summed E-state index contributed by atoms with van der Waals surface area (Å²) in [5.74, 6) is 1.01. The first kappa shape index (κ1) is 20.3. The number of aromatic nitrogens is 4. The second-order valence-electron chi connectivity index (χ2n) is 7.28. The Morgan fingerprint density at radius 2 is 1.88 bits per heavy atom. The van der Waals surface area contributed by atoms with Gasteiger partial charge in [-0.1, -0.05) is 12.1 Å². The van der Waals surface area contributed by atoms with Crippen molar-refractivity contribution < 1.29 is 9.15 Å². The van der Waals surface area contributed by atoms with E-state index in [0.717, 1.165) is 22.4 Å². The Labute approximate surface area is 188 Å². The standard InChI is InChI=1S/C24H20N6O3/c1-15-14-26-23(28-22(15)29-30-19-5-3-4-6-20(19)33-24(30)31)27-17-7-8-18(21(13-17)32-2)16-9-11-25-12-10-16/h3-14H,1-2H3,(H2,26,27,28,29). The maximum atomic E-state index is 12.3. The predicted molar refractivity (Wildman–Crippen MR) is 126 cm³/mol. The third-order valence-corrected chi connectivity index (χ3v) is 5.12. The maximum absolute atomic E-state index is 12.3. The monoisotopic (exact) mass is 440 g/mol. The lowest BCUT2D eigenvalue weighted by Crippen LogP contribution is -2.23. The van der Waals surface area contributed by atoms with Crippen LogP contribution in [0.5, 0.6) is 5.75 Å². The van der Waals surface area contributed by atoms with Gasteiger partial charge < -0.3 is 14.5 Å². The first-order valence-corrected chi connectivity index (χ1v) is 10.2. The molecule has 9 heteroatoms. The van der Waals surface area contributed by atoms with E-state index in [2.05, 4.69) is 25.7 Å². The van der Waals surface area contributed by atoms with Crippen molar-refractivity contribution >= 4 is 28.6 Å². The molecule has 0 spiro atoms. The summed E-state index contributed by atoms with van der Waals surface area (Å²) in [4.78, 5) is 25.3. The van der Waals surface area contributed by atoms with Crippen molar-refractivity contribution in [3.8, 4) is 16.9 Å². The number of oxazole rings is 1. The van der Waals surface area contributed by atoms with E-state index in [1.54, 1.807) is 37.8 Å². The fraction of sp³-hybridized carbons (Fsp3) is 0.0833. The van der Waals surface area contributed by atoms with E-state index >= 15 is 0 Å². The topological polar surface area (TPSA) is 107 Å². The van der Waals surface area contributed by atoms with Crippen molar-refractivity contribution in [3.63, 3.8) is 0 Å². The van der Waals surface area contributed by atoms with E-state index in [1.807, 2.05) is 49.4 Å². The minimum absolute atomic E-state index is 0.364. The smallest absolute Gasteiger partial charge is 0.439 e. The first-order chi connectivity index (χ1) is 16.1. The molecule has 3 aromatic heterocycles. The molecule has 33 heavy (non-hydrogen) atoms. The molecule has 2 aromatic carbocycles. The minimum atomic E-state index is -0.528. The summed E-state index contributed by atoms with van der Waals surface area (Å²) in [5.41, 5.74) is 7.61. The molecule has 164 valence electrons. The number of pyridine rings is 1. The van der Waals surface area contributed by atoms with E-state index < -0.39 is 5.76 Å². The fourth-order valence-corrected chi connectivity index (χ4v) is 3.46. The van der Waals surface area contributed by atoms with Gasteiger partial charge in [-0.2, -0.15) is 9.66 Å². The lowest BCUT2D eigenvalue weighted by atomic mass is 10.1. The molecule has 5 rings (SSSR count). The van der Waals surface area contributed by atoms with E-state index in [1.165, 1.54) is 4.68 Å². The zero-order valence-electron chi connectivity index (χ0n) is 17.9. The molecule has 0 aliphatic heterocycles. The quantitative estimate of drug-likeness (QED) is 0.401. The largest absolute Gasteiger partial charge is 0.496 e. The number of para-hydroxylation sites is 2. The van der Waals surface area contributed by atoms with Crippen LogP contribution in [0.15, 0.2) is 82.4 Å². The van der Waals surface area contributed by atoms with Crippen LogP contribution in [0.2, 0.25) is 0 Å². The molecule has 0 fully saturated rings. The first-order valence-electron chi connectivity index (χ1n) is 10.2. The molecule has 0 amide bonds. The van der Waals surface area contributed by atoms with Gasteiger partial charge in [-0.05, 0) is 48.9 Å². The zero-order valence-corrected chi connectivity index (χ0v) is 17.9. The molecule has 0 aliphatic rings. The molecule has 0 saturated heterocycles. The van der Waals surface area contributed by atoms with Gasteiger partial charge in [0.15, 0.2) is 11.4 Å². The second-order valence-corrected chi connectivity index (χ2v) is 7.28. The number of rotatable bonds is 6. The number of methoxy groups -OCH3 is 1. The number of anilines is 3. The normalized spacial score (nSPS) is 10.8. The highest BCUT2D eigenvalue weighted by Gasteiger charge is 2.12. The Kier molecular flexibility index (Phi) is 5.19. The lowest BCUT2D eigenvalue weighted by Gasteiger charge is -2.13. The lowest BCUT2D eigenvalue weighted by molar-refractivity contribution is 0.416. The number of hydrogen-bond donors (Lipinski definition) is 2. The van der Waals surface area contributed by atoms with Crippen LogP contribution in [0, 0.1) is 6.92 Å². The molecule has 5 aromatic rings. The number of benzene rings is 2. The third-order valence-electron chi connectivity index (χ3n) is 5.12. The maximum Gasteiger partial charge on any atom is 0.439 e. The summed E-state index contributed by atoms with van der Waals surface area (Å²) in [6.07, 6.45) is 5.15. The van der Waals surface area contributed by atoms with Gasteiger partial charge in [-0.25, -0.2) is 9.78 Å². The van der Waals surface area contributed by atoms with Gasteiger partial charge in [0.25, 0.3) is 0 Å². The van der Waals surface area contributed by atoms with Crippen molar-refractivity contribution in [1.29, 1.82) is 0 Å². The van der Waals surface area contributed by atoms with E-state index in [-0.39, 0.29) is 0 Å². The van der Waals surface area contributed by atoms with Crippen molar-refractivity contribution in [2.75, 3.05) is 17.9 Å². The number of nitrogens with one attached hydrogen (secondary N) is 2. The van der Waals surface area contributed by atoms with E-state index in [4.69, 9.17) is 9.15 Å². The van der Waals surface area contributed by atoms with Gasteiger partial charge >= 0.3 is 5.76 Å². The Bertz CT molecular complexity index is 1490. The van der Waals surface area contributed by atoms with Gasteiger partial charge in [-0.15, -0.1) is 0 Å². The Morgan fingerprint density at radius 3 is 2.70 bits per heavy atom. The van der Waals surface area contributed by atoms with Gasteiger partial charge in [0, 0.05) is 41.5 Å². The van der Waals surface area contributed by atoms with Crippen molar-refractivity contribution in [1.82, 2.24) is 19.6 Å². The fourth-order valence-electron chi connectivity index (χ4n) is 3.46. The molecular formula is C24H20N6O3. The van der Waals surface area contributed by atoms with E-state index in [9.17, 15) is 4.79 Å². The van der Waals surface area contributed by atoms with Gasteiger partial charge in [0.1, 0.15) is 11.3 Å². The highest BCUT2D eigenvalue weighted by Crippen LogP contribution is 2.33. The summed E-state index contributed by atoms with van der Waals surface area (Å²) < 4.78 is 12.2. The van der Waals surface area contributed by atoms with Crippen molar-refractivity contribution in [2.24, 2.45) is 0 Å². The van der Waals surface area contributed by atoms with Crippen molar-refractivity contribution in [2.45, 2.75) is 6.92 Å². The average Bonchev–Trinajstić information content (AvgIpc) is 3.16. The molecule has 0 bridgehead atoms. The third kappa shape index (κ3) is 3.99. The van der Waals surface area contributed by atoms with Crippen LogP contribution in [-0.2, 0) is 0 Å². The molecule has 0 unspecified atom stereocenters. The predicted octanol–water partition coefficient (Wildman–Crippen LogP) is 4.38. The molecule has 0 aliphatic carbocycles. The van der Waals surface area contributed by atoms with Crippen molar-refractivity contribution in [3.05, 3.63) is 89.3 Å². The minimum Gasteiger partial charge on any atom is -0.496 e. The second kappa shape index (κ2) is 8.46. The number of aryl methyl sites for hydroxylation is 1. The van der Waals surface area contributed by atoms with Crippen LogP contribution in [-0.4, -0.2) is 26.7 Å². The Hall–Kier alpha value is -4.66. The van der Waals surface area contributed by atoms with Crippen LogP contribution in [0.4, 0.5) is 17.5 Å². The molecule has 3 heterocycles. The average molecular weight is 440 g/mol. The molecule has 0 saturated carbocycles. The summed E-state index contributed by atoms with van der Waals surface area (Å²) in [6.45, 7) is 1.85. The number of ether oxygens (including phenoxy) is 1. The summed E-state index contributed by atoms with van der Waals surface area (Å²) in [6, 6.07) is 16.8. The number of hydrogen-bond acceptors (Lipinski definition) is 8. The number of fused-ring (bicyclic) bond motifs is 1. The van der Waals surface area contributed by atoms with Crippen LogP contribution >= 0.6 is 0 Å². The van der Waals surface area contributed by atoms with Crippen LogP contribution in [0.3, 0.4) is 0 Å². The highest BCUT2D eigenvalue weighted by molar-refractivity contribution is 5.75. The van der Waals surface area contributed by atoms with Gasteiger partial charge in [0.2, 0.25) is 5.95 Å². The summed E-state index contributed by atoms with van der Waals surface area (Å²) in [5, 5.41) is 3.19. The highest BCUT2D eigenvalue weighted by atomic mass is 16.5. The van der Waals surface area contributed by atoms with Crippen LogP contribution in [0.25, 0.3) is 22.2 Å². The van der Waals surface area contributed by atoms with Crippen LogP contribution in [0.1, 0.15) is 5.56 Å². The molecule has 9 nitrogen and oxygen atoms in total. The SMILES string of the molecule is COc1cc(Nc2ncc(C)c(Nn3c(=O)oc4ccccc43)n2)ccc1-c1ccncc1. The number of nitrogens with zero attached hydrogens (tertiary/aromatic N) is 4. The molecular weight excluding hydrogens is 420 g/mol. The molecule has 0 atom stereocenters. The summed E-state index contributed by atoms with van der Waals surface area (Å²) in [7, 11) is 1.63. The molecule has 2 N–H and O–H groups in total.